The summed E-state index contributed by atoms with van der Waals surface area (Å²) in [5.41, 5.74) is 1.16. The second kappa shape index (κ2) is 16.0. The molecule has 0 radical (unpaired) electrons. The van der Waals surface area contributed by atoms with Crippen molar-refractivity contribution in [2.45, 2.75) is 70.4 Å². The van der Waals surface area contributed by atoms with Crippen molar-refractivity contribution in [2.75, 3.05) is 44.8 Å². The van der Waals surface area contributed by atoms with Gasteiger partial charge in [0.1, 0.15) is 11.8 Å². The molecule has 0 saturated carbocycles. The standard InChI is InChI=1S/C36H48N4O5/c1-2-3-21-45-30-14-12-29(13-15-30)37-33(41)26-40-20-16-31-28(25-40)11-7-8-17-36(18-22-44-23-19-36)35(43)39-32(34(42)38-31)24-27-9-5-4-6-10-27/h4-10,12-15,28,31-32H,2-3,11,16-26H2,1H3,(H,37,41)(H,38,42)(H,39,43)/t28-,31-,32-/m0/s1. The summed E-state index contributed by atoms with van der Waals surface area (Å²) >= 11 is 0. The van der Waals surface area contributed by atoms with Crippen LogP contribution in [0.2, 0.25) is 0 Å². The van der Waals surface area contributed by atoms with Crippen LogP contribution in [0.4, 0.5) is 5.69 Å². The van der Waals surface area contributed by atoms with Crippen molar-refractivity contribution in [3.63, 3.8) is 0 Å². The van der Waals surface area contributed by atoms with Crippen LogP contribution in [0, 0.1) is 11.3 Å². The second-order valence-electron chi connectivity index (χ2n) is 12.7. The Morgan fingerprint density at radius 1 is 1.04 bits per heavy atom. The van der Waals surface area contributed by atoms with Gasteiger partial charge in [-0.1, -0.05) is 55.8 Å². The van der Waals surface area contributed by atoms with E-state index >= 15 is 0 Å². The number of nitrogens with one attached hydrogen (secondary N) is 3. The van der Waals surface area contributed by atoms with Gasteiger partial charge in [-0.3, -0.25) is 19.3 Å². The fourth-order valence-electron chi connectivity index (χ4n) is 6.57. The molecule has 3 heterocycles. The number of anilines is 1. The lowest BCUT2D eigenvalue weighted by Gasteiger charge is -2.40. The van der Waals surface area contributed by atoms with Gasteiger partial charge >= 0.3 is 0 Å². The minimum Gasteiger partial charge on any atom is -0.494 e. The summed E-state index contributed by atoms with van der Waals surface area (Å²) in [6.07, 6.45) is 10.2. The van der Waals surface area contributed by atoms with E-state index in [1.54, 1.807) is 0 Å². The fraction of sp³-hybridized carbons (Fsp3) is 0.528. The molecule has 3 amide bonds. The number of benzene rings is 2. The van der Waals surface area contributed by atoms with Gasteiger partial charge in [0.25, 0.3) is 0 Å². The largest absolute Gasteiger partial charge is 0.494 e. The van der Waals surface area contributed by atoms with Crippen LogP contribution in [-0.4, -0.2) is 74.2 Å². The van der Waals surface area contributed by atoms with E-state index in [9.17, 15) is 14.4 Å². The van der Waals surface area contributed by atoms with E-state index in [0.29, 0.717) is 58.6 Å². The van der Waals surface area contributed by atoms with Crippen LogP contribution < -0.4 is 20.7 Å². The van der Waals surface area contributed by atoms with E-state index in [0.717, 1.165) is 42.7 Å². The van der Waals surface area contributed by atoms with Crippen molar-refractivity contribution in [1.82, 2.24) is 15.5 Å². The van der Waals surface area contributed by atoms with E-state index in [-0.39, 0.29) is 36.2 Å². The van der Waals surface area contributed by atoms with E-state index in [1.165, 1.54) is 0 Å². The zero-order valence-electron chi connectivity index (χ0n) is 26.5. The van der Waals surface area contributed by atoms with Crippen LogP contribution in [0.3, 0.4) is 0 Å². The van der Waals surface area contributed by atoms with Crippen LogP contribution in [0.15, 0.2) is 66.7 Å². The van der Waals surface area contributed by atoms with Gasteiger partial charge < -0.3 is 25.4 Å². The topological polar surface area (TPSA) is 109 Å². The first-order valence-electron chi connectivity index (χ1n) is 16.6. The maximum absolute atomic E-state index is 13.8. The number of carbonyl (C=O) groups excluding carboxylic acids is 3. The molecule has 3 atom stereocenters. The summed E-state index contributed by atoms with van der Waals surface area (Å²) in [6, 6.07) is 16.6. The van der Waals surface area contributed by atoms with Crippen molar-refractivity contribution in [1.29, 1.82) is 0 Å². The molecule has 0 aromatic heterocycles. The highest BCUT2D eigenvalue weighted by atomic mass is 16.5. The third kappa shape index (κ3) is 9.17. The summed E-state index contributed by atoms with van der Waals surface area (Å²) in [6.45, 7) is 5.57. The Morgan fingerprint density at radius 3 is 2.58 bits per heavy atom. The van der Waals surface area contributed by atoms with Crippen molar-refractivity contribution in [3.05, 3.63) is 72.3 Å². The van der Waals surface area contributed by atoms with Gasteiger partial charge in [0.05, 0.1) is 18.6 Å². The molecule has 9 nitrogen and oxygen atoms in total. The summed E-state index contributed by atoms with van der Waals surface area (Å²) in [5.74, 6) is 0.664. The predicted molar refractivity (Wildman–Crippen MR) is 175 cm³/mol. The average molecular weight is 617 g/mol. The molecular formula is C36H48N4O5. The van der Waals surface area contributed by atoms with Crippen LogP contribution in [0.5, 0.6) is 5.75 Å². The predicted octanol–water partition coefficient (Wildman–Crippen LogP) is 4.49. The first-order chi connectivity index (χ1) is 21.9. The molecule has 2 aromatic carbocycles. The number of amides is 3. The van der Waals surface area contributed by atoms with Gasteiger partial charge in [0, 0.05) is 44.5 Å². The molecule has 2 aromatic rings. The van der Waals surface area contributed by atoms with Crippen LogP contribution in [0.25, 0.3) is 0 Å². The van der Waals surface area contributed by atoms with Gasteiger partial charge in [-0.2, -0.15) is 0 Å². The Kier molecular flexibility index (Phi) is 11.7. The van der Waals surface area contributed by atoms with Crippen molar-refractivity contribution >= 4 is 23.4 Å². The molecule has 0 aliphatic carbocycles. The zero-order valence-corrected chi connectivity index (χ0v) is 26.5. The Hall–Kier alpha value is -3.69. The van der Waals surface area contributed by atoms with E-state index in [2.05, 4.69) is 39.9 Å². The lowest BCUT2D eigenvalue weighted by atomic mass is 9.75. The number of carbonyl (C=O) groups is 3. The number of likely N-dealkylation sites (tertiary alicyclic amines) is 1. The molecule has 2 saturated heterocycles. The molecule has 0 bridgehead atoms. The smallest absolute Gasteiger partial charge is 0.243 e. The number of hydrogen-bond donors (Lipinski definition) is 3. The quantitative estimate of drug-likeness (QED) is 0.283. The van der Waals surface area contributed by atoms with Crippen LogP contribution in [-0.2, 0) is 25.5 Å². The highest BCUT2D eigenvalue weighted by molar-refractivity contribution is 5.92. The lowest BCUT2D eigenvalue weighted by Crippen LogP contribution is -2.58. The molecule has 2 fully saturated rings. The first kappa shape index (κ1) is 32.7. The zero-order chi connectivity index (χ0) is 31.5. The minimum atomic E-state index is -0.670. The maximum Gasteiger partial charge on any atom is 0.243 e. The van der Waals surface area contributed by atoms with Gasteiger partial charge in [-0.25, -0.2) is 0 Å². The van der Waals surface area contributed by atoms with Crippen molar-refractivity contribution in [3.8, 4) is 5.75 Å². The Bertz CT molecular complexity index is 1290. The van der Waals surface area contributed by atoms with Crippen molar-refractivity contribution < 1.29 is 23.9 Å². The molecular weight excluding hydrogens is 568 g/mol. The number of nitrogens with zero attached hydrogens (tertiary/aromatic N) is 1. The summed E-state index contributed by atoms with van der Waals surface area (Å²) in [7, 11) is 0. The van der Waals surface area contributed by atoms with E-state index in [4.69, 9.17) is 9.47 Å². The highest BCUT2D eigenvalue weighted by Gasteiger charge is 2.41. The number of ether oxygens (including phenoxy) is 2. The van der Waals surface area contributed by atoms with Gasteiger partial charge in [0.2, 0.25) is 17.7 Å². The Labute approximate surface area is 267 Å². The number of fused-ring (bicyclic) bond motifs is 1. The second-order valence-corrected chi connectivity index (χ2v) is 12.7. The molecule has 9 heteroatoms. The minimum absolute atomic E-state index is 0.0478. The molecule has 3 aliphatic heterocycles. The number of rotatable bonds is 9. The molecule has 242 valence electrons. The molecule has 1 spiro atoms. The molecule has 0 unspecified atom stereocenters. The van der Waals surface area contributed by atoms with E-state index in [1.807, 2.05) is 54.6 Å². The van der Waals surface area contributed by atoms with Crippen LogP contribution in [0.1, 0.15) is 57.4 Å². The molecule has 5 rings (SSSR count). The third-order valence-corrected chi connectivity index (χ3v) is 9.37. The fourth-order valence-corrected chi connectivity index (χ4v) is 6.57. The number of hydrogen-bond acceptors (Lipinski definition) is 6. The normalized spacial score (nSPS) is 24.0. The SMILES string of the molecule is CCCCOc1ccc(NC(=O)CN2CC[C@@H]3NC(=O)[C@H](Cc4ccccc4)NC(=O)C4(CC=CC[C@H]3C2)CCOCC4)cc1. The number of unbranched alkanes of at least 4 members (excludes halogenated alkanes) is 1. The van der Waals surface area contributed by atoms with Gasteiger partial charge in [-0.15, -0.1) is 0 Å². The Morgan fingerprint density at radius 2 is 1.82 bits per heavy atom. The Balaban J connectivity index is 1.25. The highest BCUT2D eigenvalue weighted by Crippen LogP contribution is 2.36. The number of allylic oxidation sites excluding steroid dienone is 2. The van der Waals surface area contributed by atoms with Gasteiger partial charge in [-0.05, 0) is 74.3 Å². The average Bonchev–Trinajstić information content (AvgIpc) is 3.05. The molecule has 3 N–H and O–H groups in total. The summed E-state index contributed by atoms with van der Waals surface area (Å²) in [4.78, 5) is 42.7. The monoisotopic (exact) mass is 616 g/mol. The van der Waals surface area contributed by atoms with Gasteiger partial charge in [0.15, 0.2) is 0 Å². The number of piperidine rings is 1. The van der Waals surface area contributed by atoms with Crippen molar-refractivity contribution in [2.24, 2.45) is 11.3 Å². The molecule has 3 aliphatic rings. The lowest BCUT2D eigenvalue weighted by molar-refractivity contribution is -0.140. The summed E-state index contributed by atoms with van der Waals surface area (Å²) < 4.78 is 11.3. The maximum atomic E-state index is 13.8. The summed E-state index contributed by atoms with van der Waals surface area (Å²) in [5, 5.41) is 9.47. The van der Waals surface area contributed by atoms with E-state index < -0.39 is 11.5 Å². The first-order valence-corrected chi connectivity index (χ1v) is 16.6. The third-order valence-electron chi connectivity index (χ3n) is 9.37. The molecule has 45 heavy (non-hydrogen) atoms. The van der Waals surface area contributed by atoms with Crippen LogP contribution >= 0.6 is 0 Å².